The molecule has 0 fully saturated rings. The molecule has 5 N–H and O–H groups in total. The summed E-state index contributed by atoms with van der Waals surface area (Å²) in [4.78, 5) is 8.60. The normalized spacial score (nSPS) is 12.5. The summed E-state index contributed by atoms with van der Waals surface area (Å²) in [6.45, 7) is 0. The zero-order chi connectivity index (χ0) is 28.5. The Morgan fingerprint density at radius 3 is 2.00 bits per heavy atom. The maximum Gasteiger partial charge on any atom is 0.296 e. The molecule has 0 unspecified atom stereocenters. The molecular weight excluding hydrogens is 552 g/mol. The van der Waals surface area contributed by atoms with Crippen molar-refractivity contribution in [1.29, 1.82) is 0 Å². The topological polar surface area (TPSA) is 223 Å². The lowest BCUT2D eigenvalue weighted by molar-refractivity contribution is -0.384. The van der Waals surface area contributed by atoms with Crippen molar-refractivity contribution >= 4 is 65.9 Å². The second-order valence-corrected chi connectivity index (χ2v) is 10.8. The van der Waals surface area contributed by atoms with E-state index in [0.29, 0.717) is 5.56 Å². The van der Waals surface area contributed by atoms with Crippen LogP contribution in [0.15, 0.2) is 86.7 Å². The Morgan fingerprint density at radius 1 is 0.846 bits per heavy atom. The number of hydrogen-bond acceptors (Lipinski definition) is 10. The number of nitrogen functional groups attached to an aromatic ring is 1. The van der Waals surface area contributed by atoms with E-state index in [4.69, 9.17) is 5.73 Å². The first-order chi connectivity index (χ1) is 18.3. The van der Waals surface area contributed by atoms with Gasteiger partial charge in [0.25, 0.3) is 25.9 Å². The maximum atomic E-state index is 12.2. The molecule has 0 aliphatic heterocycles. The van der Waals surface area contributed by atoms with Gasteiger partial charge < -0.3 is 10.8 Å². The lowest BCUT2D eigenvalue weighted by Crippen LogP contribution is -2.05. The van der Waals surface area contributed by atoms with Gasteiger partial charge in [0, 0.05) is 23.1 Å². The standard InChI is InChI=1S/C24H18N4O9S2/c25-22-21-15(12-19(38(32,33)34)18(24(21)29)11-6-14-4-2-1-3-5-14)13-20(39(35,36)37)23(22)27-26-16-7-9-17(10-8-16)28(30)31/h1-13,29H,25H2,(H,32,33,34)(H,35,36,37)/b11-6-,27-26?. The molecule has 0 saturated carbocycles. The van der Waals surface area contributed by atoms with Crippen LogP contribution in [0.1, 0.15) is 11.1 Å². The smallest absolute Gasteiger partial charge is 0.296 e. The quantitative estimate of drug-likeness (QED) is 0.0573. The number of azo groups is 1. The number of non-ortho nitro benzene ring substituents is 1. The molecule has 0 aliphatic carbocycles. The number of rotatable bonds is 7. The average Bonchev–Trinajstić information content (AvgIpc) is 2.86. The highest BCUT2D eigenvalue weighted by molar-refractivity contribution is 7.86. The summed E-state index contributed by atoms with van der Waals surface area (Å²) >= 11 is 0. The number of benzene rings is 4. The summed E-state index contributed by atoms with van der Waals surface area (Å²) in [7, 11) is -9.95. The van der Waals surface area contributed by atoms with Gasteiger partial charge in [-0.25, -0.2) is 0 Å². The van der Waals surface area contributed by atoms with Gasteiger partial charge in [-0.2, -0.15) is 21.9 Å². The minimum Gasteiger partial charge on any atom is -0.507 e. The fraction of sp³-hybridized carbons (Fsp3) is 0. The van der Waals surface area contributed by atoms with Gasteiger partial charge in [-0.1, -0.05) is 36.4 Å². The summed E-state index contributed by atoms with van der Waals surface area (Å²) in [5.74, 6) is -0.724. The third kappa shape index (κ3) is 5.75. The molecule has 0 radical (unpaired) electrons. The molecule has 200 valence electrons. The van der Waals surface area contributed by atoms with E-state index in [0.717, 1.165) is 24.3 Å². The van der Waals surface area contributed by atoms with Crippen molar-refractivity contribution < 1.29 is 36.0 Å². The van der Waals surface area contributed by atoms with E-state index in [1.165, 1.54) is 24.3 Å². The molecule has 13 nitrogen and oxygen atoms in total. The molecule has 0 atom stereocenters. The summed E-state index contributed by atoms with van der Waals surface area (Å²) in [5, 5.41) is 29.1. The van der Waals surface area contributed by atoms with Gasteiger partial charge in [-0.15, -0.1) is 5.11 Å². The zero-order valence-electron chi connectivity index (χ0n) is 19.5. The van der Waals surface area contributed by atoms with E-state index in [-0.39, 0.29) is 27.7 Å². The maximum absolute atomic E-state index is 12.2. The molecule has 0 aliphatic rings. The fourth-order valence-corrected chi connectivity index (χ4v) is 5.09. The van der Waals surface area contributed by atoms with Gasteiger partial charge in [-0.3, -0.25) is 19.2 Å². The van der Waals surface area contributed by atoms with E-state index in [2.05, 4.69) is 10.2 Å². The van der Waals surface area contributed by atoms with E-state index < -0.39 is 52.1 Å². The van der Waals surface area contributed by atoms with Crippen molar-refractivity contribution in [3.63, 3.8) is 0 Å². The van der Waals surface area contributed by atoms with Crippen molar-refractivity contribution in [2.24, 2.45) is 10.2 Å². The molecule has 39 heavy (non-hydrogen) atoms. The number of nitrogens with two attached hydrogens (primary N) is 1. The monoisotopic (exact) mass is 570 g/mol. The minimum absolute atomic E-state index is 0.0683. The molecule has 4 aromatic rings. The number of hydrogen-bond donors (Lipinski definition) is 4. The number of nitro groups is 1. The lowest BCUT2D eigenvalue weighted by Gasteiger charge is -2.15. The molecule has 0 spiro atoms. The second-order valence-electron chi connectivity index (χ2n) is 8.04. The van der Waals surface area contributed by atoms with Crippen LogP contribution in [0.5, 0.6) is 5.75 Å². The summed E-state index contributed by atoms with van der Waals surface area (Å²) < 4.78 is 68.3. The SMILES string of the molecule is Nc1c(N=Nc2ccc([N+](=O)[O-])cc2)c(S(=O)(=O)O)cc2cc(S(=O)(=O)O)c(/C=C\c3ccccc3)c(O)c12. The first-order valence-electron chi connectivity index (χ1n) is 10.7. The number of aromatic hydroxyl groups is 1. The summed E-state index contributed by atoms with van der Waals surface area (Å²) in [6, 6.07) is 15.0. The minimum atomic E-state index is -5.02. The van der Waals surface area contributed by atoms with Gasteiger partial charge in [0.05, 0.1) is 16.3 Å². The van der Waals surface area contributed by atoms with Crippen LogP contribution in [0.25, 0.3) is 22.9 Å². The molecule has 0 aromatic heterocycles. The largest absolute Gasteiger partial charge is 0.507 e. The van der Waals surface area contributed by atoms with Crippen LogP contribution >= 0.6 is 0 Å². The van der Waals surface area contributed by atoms with Crippen molar-refractivity contribution in [1.82, 2.24) is 0 Å². The number of phenolic OH excluding ortho intramolecular Hbond substituents is 1. The average molecular weight is 571 g/mol. The number of phenols is 1. The highest BCUT2D eigenvalue weighted by Crippen LogP contribution is 2.45. The Labute approximate surface area is 221 Å². The predicted octanol–water partition coefficient (Wildman–Crippen LogP) is 5.12. The third-order valence-corrected chi connectivity index (χ3v) is 7.26. The number of anilines is 1. The highest BCUT2D eigenvalue weighted by Gasteiger charge is 2.26. The predicted molar refractivity (Wildman–Crippen MR) is 142 cm³/mol. The second kappa shape index (κ2) is 10.2. The van der Waals surface area contributed by atoms with Gasteiger partial charge >= 0.3 is 0 Å². The van der Waals surface area contributed by atoms with Crippen LogP contribution in [0.4, 0.5) is 22.7 Å². The van der Waals surface area contributed by atoms with E-state index in [9.17, 15) is 41.2 Å². The van der Waals surface area contributed by atoms with Crippen molar-refractivity contribution in [3.05, 3.63) is 88.0 Å². The molecule has 4 rings (SSSR count). The van der Waals surface area contributed by atoms with Crippen molar-refractivity contribution in [2.75, 3.05) is 5.73 Å². The third-order valence-electron chi connectivity index (χ3n) is 5.50. The van der Waals surface area contributed by atoms with Crippen LogP contribution in [0.2, 0.25) is 0 Å². The van der Waals surface area contributed by atoms with Crippen LogP contribution in [-0.4, -0.2) is 36.0 Å². The Bertz CT molecular complexity index is 1890. The Hall–Kier alpha value is -4.70. The summed E-state index contributed by atoms with van der Waals surface area (Å²) in [6.07, 6.45) is 2.69. The Balaban J connectivity index is 1.99. The van der Waals surface area contributed by atoms with E-state index in [1.807, 2.05) is 0 Å². The van der Waals surface area contributed by atoms with E-state index in [1.54, 1.807) is 30.3 Å². The Kier molecular flexibility index (Phi) is 7.16. The first-order valence-corrected chi connectivity index (χ1v) is 13.6. The molecule has 0 heterocycles. The molecular formula is C24H18N4O9S2. The van der Waals surface area contributed by atoms with E-state index >= 15 is 0 Å². The Morgan fingerprint density at radius 2 is 1.44 bits per heavy atom. The molecule has 4 aromatic carbocycles. The zero-order valence-corrected chi connectivity index (χ0v) is 21.2. The highest BCUT2D eigenvalue weighted by atomic mass is 32.2. The fourth-order valence-electron chi connectivity index (χ4n) is 3.70. The van der Waals surface area contributed by atoms with Gasteiger partial charge in [0.2, 0.25) is 0 Å². The van der Waals surface area contributed by atoms with Crippen molar-refractivity contribution in [2.45, 2.75) is 9.79 Å². The number of nitrogens with zero attached hydrogens (tertiary/aromatic N) is 3. The van der Waals surface area contributed by atoms with Crippen LogP contribution < -0.4 is 5.73 Å². The van der Waals surface area contributed by atoms with Crippen molar-refractivity contribution in [3.8, 4) is 5.75 Å². The lowest BCUT2D eigenvalue weighted by atomic mass is 10.0. The molecule has 0 saturated heterocycles. The van der Waals surface area contributed by atoms with Crippen LogP contribution in [0.3, 0.4) is 0 Å². The number of nitro benzene ring substituents is 1. The first kappa shape index (κ1) is 27.3. The van der Waals surface area contributed by atoms with Gasteiger partial charge in [0.15, 0.2) is 0 Å². The van der Waals surface area contributed by atoms with Crippen LogP contribution in [0, 0.1) is 10.1 Å². The number of fused-ring (bicyclic) bond motifs is 1. The van der Waals surface area contributed by atoms with Gasteiger partial charge in [-0.05, 0) is 41.3 Å². The molecule has 0 amide bonds. The molecule has 0 bridgehead atoms. The summed E-state index contributed by atoms with van der Waals surface area (Å²) in [5.41, 5.74) is 5.21. The van der Waals surface area contributed by atoms with Gasteiger partial charge in [0.1, 0.15) is 21.2 Å². The van der Waals surface area contributed by atoms with Crippen LogP contribution in [-0.2, 0) is 20.2 Å². The molecule has 15 heteroatoms.